The summed E-state index contributed by atoms with van der Waals surface area (Å²) in [5.74, 6) is 0. The first kappa shape index (κ1) is 15.1. The van der Waals surface area contributed by atoms with Crippen molar-refractivity contribution in [3.63, 3.8) is 0 Å². The van der Waals surface area contributed by atoms with Gasteiger partial charge in [0, 0.05) is 30.2 Å². The predicted molar refractivity (Wildman–Crippen MR) is 75.1 cm³/mol. The highest BCUT2D eigenvalue weighted by Crippen LogP contribution is 2.10. The number of hydrogen-bond acceptors (Lipinski definition) is 6. The maximum absolute atomic E-state index is 12.0. The largest absolute Gasteiger partial charge is 0.394 e. The van der Waals surface area contributed by atoms with Gasteiger partial charge >= 0.3 is 0 Å². The molecule has 0 saturated heterocycles. The van der Waals surface area contributed by atoms with Gasteiger partial charge in [-0.3, -0.25) is 4.68 Å². The summed E-state index contributed by atoms with van der Waals surface area (Å²) < 4.78 is 27.9. The van der Waals surface area contributed by atoms with Crippen molar-refractivity contribution in [2.75, 3.05) is 13.2 Å². The van der Waals surface area contributed by atoms with Gasteiger partial charge in [0.25, 0.3) is 0 Å². The van der Waals surface area contributed by atoms with Crippen molar-refractivity contribution < 1.29 is 13.5 Å². The third-order valence-corrected chi connectivity index (χ3v) is 4.99. The average molecular weight is 316 g/mol. The number of nitrogens with zero attached hydrogens (tertiary/aromatic N) is 3. The number of aromatic nitrogens is 3. The first-order chi connectivity index (χ1) is 9.51. The number of rotatable bonds is 7. The Hall–Kier alpha value is -1.29. The maximum Gasteiger partial charge on any atom is 0.243 e. The van der Waals surface area contributed by atoms with Crippen LogP contribution in [-0.2, 0) is 23.0 Å². The molecule has 2 N–H and O–H groups in total. The summed E-state index contributed by atoms with van der Waals surface area (Å²) in [6.07, 6.45) is 3.22. The Balaban J connectivity index is 1.92. The molecule has 7 nitrogen and oxygen atoms in total. The summed E-state index contributed by atoms with van der Waals surface area (Å²) >= 11 is 1.52. The first-order valence-electron chi connectivity index (χ1n) is 6.05. The Morgan fingerprint density at radius 2 is 2.30 bits per heavy atom. The fourth-order valence-electron chi connectivity index (χ4n) is 1.60. The Labute approximate surface area is 121 Å². The predicted octanol–water partition coefficient (Wildman–Crippen LogP) is 0.161. The molecule has 0 saturated carbocycles. The van der Waals surface area contributed by atoms with Crippen molar-refractivity contribution in [2.45, 2.75) is 24.8 Å². The Bertz CT molecular complexity index is 663. The van der Waals surface area contributed by atoms with Crippen LogP contribution in [0.1, 0.15) is 10.7 Å². The van der Waals surface area contributed by atoms with Gasteiger partial charge in [0.1, 0.15) is 4.90 Å². The van der Waals surface area contributed by atoms with Crippen LogP contribution in [0, 0.1) is 6.92 Å². The lowest BCUT2D eigenvalue weighted by atomic mass is 10.4. The summed E-state index contributed by atoms with van der Waals surface area (Å²) in [5, 5.41) is 15.5. The van der Waals surface area contributed by atoms with Crippen LogP contribution < -0.4 is 4.72 Å². The molecule has 2 aromatic rings. The quantitative estimate of drug-likeness (QED) is 0.758. The lowest BCUT2D eigenvalue weighted by Gasteiger charge is -2.03. The van der Waals surface area contributed by atoms with Crippen LogP contribution in [0.15, 0.2) is 22.7 Å². The van der Waals surface area contributed by atoms with E-state index in [9.17, 15) is 8.42 Å². The number of aryl methyl sites for hydroxylation is 1. The highest BCUT2D eigenvalue weighted by atomic mass is 32.2. The van der Waals surface area contributed by atoms with Crippen molar-refractivity contribution in [1.82, 2.24) is 19.5 Å². The molecule has 20 heavy (non-hydrogen) atoms. The number of sulfonamides is 1. The fraction of sp³-hybridized carbons (Fsp3) is 0.455. The molecule has 0 unspecified atom stereocenters. The molecule has 0 spiro atoms. The van der Waals surface area contributed by atoms with E-state index >= 15 is 0 Å². The summed E-state index contributed by atoms with van der Waals surface area (Å²) in [5.41, 5.74) is 0.943. The zero-order valence-corrected chi connectivity index (χ0v) is 12.6. The number of thiazole rings is 1. The van der Waals surface area contributed by atoms with Gasteiger partial charge in [-0.05, 0) is 6.92 Å². The molecule has 0 fully saturated rings. The minimum absolute atomic E-state index is 0.0853. The molecular weight excluding hydrogens is 300 g/mol. The lowest BCUT2D eigenvalue weighted by molar-refractivity contribution is 0.269. The molecule has 0 radical (unpaired) electrons. The zero-order chi connectivity index (χ0) is 14.6. The van der Waals surface area contributed by atoms with Gasteiger partial charge < -0.3 is 5.11 Å². The molecule has 2 rings (SSSR count). The summed E-state index contributed by atoms with van der Waals surface area (Å²) in [7, 11) is -3.56. The normalized spacial score (nSPS) is 11.9. The van der Waals surface area contributed by atoms with Crippen LogP contribution in [0.5, 0.6) is 0 Å². The van der Waals surface area contributed by atoms with Crippen LogP contribution in [0.2, 0.25) is 0 Å². The molecular formula is C11H16N4O3S2. The van der Waals surface area contributed by atoms with E-state index in [2.05, 4.69) is 14.8 Å². The molecule has 0 aliphatic rings. The monoisotopic (exact) mass is 316 g/mol. The van der Waals surface area contributed by atoms with Gasteiger partial charge in [-0.15, -0.1) is 11.3 Å². The molecule has 0 aliphatic heterocycles. The topological polar surface area (TPSA) is 97.1 Å². The SMILES string of the molecule is Cc1csc(CCNS(=O)(=O)c2cnn(CCO)c2)n1. The van der Waals surface area contributed by atoms with Gasteiger partial charge in [-0.1, -0.05) is 0 Å². The highest BCUT2D eigenvalue weighted by molar-refractivity contribution is 7.89. The average Bonchev–Trinajstić information content (AvgIpc) is 2.99. The minimum Gasteiger partial charge on any atom is -0.394 e. The van der Waals surface area contributed by atoms with Gasteiger partial charge in [0.15, 0.2) is 0 Å². The van der Waals surface area contributed by atoms with E-state index < -0.39 is 10.0 Å². The first-order valence-corrected chi connectivity index (χ1v) is 8.41. The molecule has 0 aliphatic carbocycles. The third kappa shape index (κ3) is 3.85. The second-order valence-electron chi connectivity index (χ2n) is 4.19. The van der Waals surface area contributed by atoms with Crippen molar-refractivity contribution in [3.8, 4) is 0 Å². The molecule has 0 bridgehead atoms. The Morgan fingerprint density at radius 3 is 2.95 bits per heavy atom. The lowest BCUT2D eigenvalue weighted by Crippen LogP contribution is -2.25. The Kier molecular flexibility index (Phi) is 4.86. The van der Waals surface area contributed by atoms with Crippen LogP contribution in [0.25, 0.3) is 0 Å². The summed E-state index contributed by atoms with van der Waals surface area (Å²) in [6, 6.07) is 0. The van der Waals surface area contributed by atoms with E-state index in [1.165, 1.54) is 28.4 Å². The van der Waals surface area contributed by atoms with E-state index in [0.717, 1.165) is 10.7 Å². The van der Waals surface area contributed by atoms with Gasteiger partial charge in [0.2, 0.25) is 10.0 Å². The molecule has 2 aromatic heterocycles. The van der Waals surface area contributed by atoms with E-state index in [1.807, 2.05) is 12.3 Å². The van der Waals surface area contributed by atoms with Gasteiger partial charge in [-0.25, -0.2) is 18.1 Å². The molecule has 0 aromatic carbocycles. The van der Waals surface area contributed by atoms with Crippen molar-refractivity contribution >= 4 is 21.4 Å². The smallest absolute Gasteiger partial charge is 0.243 e. The molecule has 2 heterocycles. The van der Waals surface area contributed by atoms with Crippen LogP contribution in [0.3, 0.4) is 0 Å². The van der Waals surface area contributed by atoms with E-state index in [0.29, 0.717) is 13.0 Å². The standard InChI is InChI=1S/C11H16N4O3S2/c1-9-8-19-11(14-9)2-3-13-20(17,18)10-6-12-15(7-10)4-5-16/h6-8,13,16H,2-5H2,1H3. The number of hydrogen-bond donors (Lipinski definition) is 2. The van der Waals surface area contributed by atoms with E-state index in [1.54, 1.807) is 0 Å². The van der Waals surface area contributed by atoms with Crippen LogP contribution >= 0.6 is 11.3 Å². The van der Waals surface area contributed by atoms with E-state index in [4.69, 9.17) is 5.11 Å². The van der Waals surface area contributed by atoms with Crippen molar-refractivity contribution in [2.24, 2.45) is 0 Å². The minimum atomic E-state index is -3.56. The Morgan fingerprint density at radius 1 is 1.50 bits per heavy atom. The molecule has 0 atom stereocenters. The summed E-state index contributed by atoms with van der Waals surface area (Å²) in [6.45, 7) is 2.38. The number of nitrogens with one attached hydrogen (secondary N) is 1. The van der Waals surface area contributed by atoms with Crippen LogP contribution in [-0.4, -0.2) is 41.4 Å². The highest BCUT2D eigenvalue weighted by Gasteiger charge is 2.16. The van der Waals surface area contributed by atoms with Gasteiger partial charge in [0.05, 0.1) is 24.4 Å². The van der Waals surface area contributed by atoms with Crippen molar-refractivity contribution in [3.05, 3.63) is 28.5 Å². The molecule has 9 heteroatoms. The maximum atomic E-state index is 12.0. The number of aliphatic hydroxyl groups is 1. The van der Waals surface area contributed by atoms with E-state index in [-0.39, 0.29) is 18.0 Å². The zero-order valence-electron chi connectivity index (χ0n) is 11.0. The van der Waals surface area contributed by atoms with Crippen LogP contribution in [0.4, 0.5) is 0 Å². The number of aliphatic hydroxyl groups excluding tert-OH is 1. The molecule has 110 valence electrons. The second-order valence-corrected chi connectivity index (χ2v) is 6.90. The summed E-state index contributed by atoms with van der Waals surface area (Å²) in [4.78, 5) is 4.37. The fourth-order valence-corrected chi connectivity index (χ4v) is 3.36. The van der Waals surface area contributed by atoms with Gasteiger partial charge in [-0.2, -0.15) is 5.10 Å². The van der Waals surface area contributed by atoms with Crippen molar-refractivity contribution in [1.29, 1.82) is 0 Å². The second kappa shape index (κ2) is 6.44. The third-order valence-electron chi connectivity index (χ3n) is 2.55. The molecule has 0 amide bonds.